The second-order valence-corrected chi connectivity index (χ2v) is 3.96. The summed E-state index contributed by atoms with van der Waals surface area (Å²) in [5.74, 6) is 1.28. The van der Waals surface area contributed by atoms with Gasteiger partial charge < -0.3 is 9.84 Å². The van der Waals surface area contributed by atoms with E-state index in [1.807, 2.05) is 24.3 Å². The van der Waals surface area contributed by atoms with Gasteiger partial charge in [0.1, 0.15) is 5.75 Å². The van der Waals surface area contributed by atoms with E-state index in [0.29, 0.717) is 5.92 Å². The maximum absolute atomic E-state index is 10.2. The van der Waals surface area contributed by atoms with Gasteiger partial charge in [-0.15, -0.1) is 0 Å². The lowest BCUT2D eigenvalue weighted by Crippen LogP contribution is -2.07. The van der Waals surface area contributed by atoms with E-state index in [1.54, 1.807) is 7.11 Å². The number of aliphatic hydroxyl groups is 1. The van der Waals surface area contributed by atoms with Gasteiger partial charge in [-0.2, -0.15) is 0 Å². The Kier molecular flexibility index (Phi) is 2.23. The summed E-state index contributed by atoms with van der Waals surface area (Å²) in [6, 6.07) is 7.71. The molecule has 0 bridgehead atoms. The molecule has 0 saturated heterocycles. The van der Waals surface area contributed by atoms with Gasteiger partial charge in [-0.3, -0.25) is 0 Å². The summed E-state index contributed by atoms with van der Waals surface area (Å²) in [6.45, 7) is 2.12. The molecule has 1 aliphatic rings. The highest BCUT2D eigenvalue weighted by atomic mass is 16.5. The van der Waals surface area contributed by atoms with E-state index in [0.717, 1.165) is 24.2 Å². The third kappa shape index (κ3) is 1.40. The van der Waals surface area contributed by atoms with Gasteiger partial charge in [0.05, 0.1) is 12.7 Å². The number of methoxy groups -OCH3 is 1. The van der Waals surface area contributed by atoms with Crippen LogP contribution in [0.25, 0.3) is 0 Å². The van der Waals surface area contributed by atoms with Crippen LogP contribution in [-0.4, -0.2) is 12.2 Å². The predicted molar refractivity (Wildman–Crippen MR) is 55.3 cm³/mol. The number of ether oxygens (including phenoxy) is 1. The first kappa shape index (κ1) is 9.53. The summed E-state index contributed by atoms with van der Waals surface area (Å²) in [6.07, 6.45) is 1.94. The Labute approximate surface area is 84.5 Å². The van der Waals surface area contributed by atoms with Crippen LogP contribution in [0.3, 0.4) is 0 Å². The lowest BCUT2D eigenvalue weighted by atomic mass is 10.0. The number of benzene rings is 1. The van der Waals surface area contributed by atoms with Gasteiger partial charge in [0.2, 0.25) is 0 Å². The lowest BCUT2D eigenvalue weighted by molar-refractivity contribution is 0.130. The van der Waals surface area contributed by atoms with Crippen molar-refractivity contribution in [2.75, 3.05) is 7.11 Å². The monoisotopic (exact) mass is 192 g/mol. The fourth-order valence-corrected chi connectivity index (χ4v) is 2.03. The fraction of sp³-hybridized carbons (Fsp3) is 0.500. The summed E-state index contributed by atoms with van der Waals surface area (Å²) >= 11 is 0. The zero-order valence-corrected chi connectivity index (χ0v) is 8.66. The van der Waals surface area contributed by atoms with Crippen molar-refractivity contribution in [3.8, 4) is 5.75 Å². The minimum Gasteiger partial charge on any atom is -0.497 e. The van der Waals surface area contributed by atoms with Crippen LogP contribution in [0, 0.1) is 5.92 Å². The van der Waals surface area contributed by atoms with Crippen molar-refractivity contribution >= 4 is 0 Å². The average molecular weight is 192 g/mol. The molecule has 0 radical (unpaired) electrons. The molecule has 2 nitrogen and oxygen atoms in total. The topological polar surface area (TPSA) is 29.5 Å². The van der Waals surface area contributed by atoms with Gasteiger partial charge in [-0.25, -0.2) is 0 Å². The highest BCUT2D eigenvalue weighted by Crippen LogP contribution is 2.53. The van der Waals surface area contributed by atoms with Gasteiger partial charge in [0, 0.05) is 0 Å². The van der Waals surface area contributed by atoms with E-state index in [1.165, 1.54) is 0 Å². The quantitative estimate of drug-likeness (QED) is 0.796. The Balaban J connectivity index is 2.18. The van der Waals surface area contributed by atoms with Crippen LogP contribution < -0.4 is 4.74 Å². The van der Waals surface area contributed by atoms with E-state index >= 15 is 0 Å². The summed E-state index contributed by atoms with van der Waals surface area (Å²) < 4.78 is 5.07. The standard InChI is InChI=1S/C12H16O2/c1-3-9-8-12(9,13)10-4-6-11(14-2)7-5-10/h4-7,9,13H,3,8H2,1-2H3. The van der Waals surface area contributed by atoms with E-state index in [-0.39, 0.29) is 0 Å². The predicted octanol–water partition coefficient (Wildman–Crippen LogP) is 2.31. The zero-order valence-electron chi connectivity index (χ0n) is 8.66. The van der Waals surface area contributed by atoms with Crippen molar-refractivity contribution < 1.29 is 9.84 Å². The van der Waals surface area contributed by atoms with E-state index in [2.05, 4.69) is 6.92 Å². The van der Waals surface area contributed by atoms with E-state index in [4.69, 9.17) is 4.74 Å². The molecule has 76 valence electrons. The minimum absolute atomic E-state index is 0.441. The van der Waals surface area contributed by atoms with Crippen LogP contribution in [-0.2, 0) is 5.60 Å². The first-order chi connectivity index (χ1) is 6.70. The molecule has 2 rings (SSSR count). The molecule has 1 aromatic carbocycles. The number of hydrogen-bond acceptors (Lipinski definition) is 2. The Bertz CT molecular complexity index is 318. The van der Waals surface area contributed by atoms with Crippen molar-refractivity contribution in [2.24, 2.45) is 5.92 Å². The summed E-state index contributed by atoms with van der Waals surface area (Å²) in [4.78, 5) is 0. The summed E-state index contributed by atoms with van der Waals surface area (Å²) in [5.41, 5.74) is 0.464. The third-order valence-corrected chi connectivity index (χ3v) is 3.16. The van der Waals surface area contributed by atoms with Crippen molar-refractivity contribution in [3.05, 3.63) is 29.8 Å². The minimum atomic E-state index is -0.555. The lowest BCUT2D eigenvalue weighted by Gasteiger charge is -2.10. The maximum Gasteiger partial charge on any atom is 0.118 e. The largest absolute Gasteiger partial charge is 0.497 e. The molecule has 2 heteroatoms. The smallest absolute Gasteiger partial charge is 0.118 e. The molecule has 1 aromatic rings. The third-order valence-electron chi connectivity index (χ3n) is 3.16. The maximum atomic E-state index is 10.2. The van der Waals surface area contributed by atoms with Crippen LogP contribution in [0.15, 0.2) is 24.3 Å². The van der Waals surface area contributed by atoms with Crippen LogP contribution >= 0.6 is 0 Å². The molecule has 0 aliphatic heterocycles. The number of hydrogen-bond donors (Lipinski definition) is 1. The van der Waals surface area contributed by atoms with Crippen LogP contribution in [0.5, 0.6) is 5.75 Å². The van der Waals surface area contributed by atoms with Gasteiger partial charge in [-0.1, -0.05) is 25.5 Å². The molecule has 0 heterocycles. The number of rotatable bonds is 3. The second kappa shape index (κ2) is 3.28. The van der Waals surface area contributed by atoms with Crippen molar-refractivity contribution in [3.63, 3.8) is 0 Å². The Hall–Kier alpha value is -1.02. The fourth-order valence-electron chi connectivity index (χ4n) is 2.03. The van der Waals surface area contributed by atoms with Crippen LogP contribution in [0.1, 0.15) is 25.3 Å². The van der Waals surface area contributed by atoms with Crippen LogP contribution in [0.4, 0.5) is 0 Å². The van der Waals surface area contributed by atoms with Gasteiger partial charge >= 0.3 is 0 Å². The molecular formula is C12H16O2. The molecule has 2 unspecified atom stereocenters. The Morgan fingerprint density at radius 2 is 2.07 bits per heavy atom. The summed E-state index contributed by atoms with van der Waals surface area (Å²) in [7, 11) is 1.65. The first-order valence-corrected chi connectivity index (χ1v) is 5.07. The average Bonchev–Trinajstić information content (AvgIpc) is 2.91. The van der Waals surface area contributed by atoms with Crippen molar-refractivity contribution in [1.29, 1.82) is 0 Å². The van der Waals surface area contributed by atoms with Gasteiger partial charge in [0.25, 0.3) is 0 Å². The molecule has 14 heavy (non-hydrogen) atoms. The SMILES string of the molecule is CCC1CC1(O)c1ccc(OC)cc1. The van der Waals surface area contributed by atoms with Crippen molar-refractivity contribution in [2.45, 2.75) is 25.4 Å². The van der Waals surface area contributed by atoms with Crippen molar-refractivity contribution in [1.82, 2.24) is 0 Å². The Morgan fingerprint density at radius 1 is 1.43 bits per heavy atom. The molecule has 2 atom stereocenters. The normalized spacial score (nSPS) is 30.1. The van der Waals surface area contributed by atoms with Gasteiger partial charge in [-0.05, 0) is 30.0 Å². The van der Waals surface area contributed by atoms with Crippen LogP contribution in [0.2, 0.25) is 0 Å². The molecule has 0 spiro atoms. The highest BCUT2D eigenvalue weighted by molar-refractivity contribution is 5.34. The molecular weight excluding hydrogens is 176 g/mol. The highest BCUT2D eigenvalue weighted by Gasteiger charge is 2.52. The molecule has 1 saturated carbocycles. The molecule has 1 aliphatic carbocycles. The molecule has 1 fully saturated rings. The zero-order chi connectivity index (χ0) is 10.2. The molecule has 1 N–H and O–H groups in total. The van der Waals surface area contributed by atoms with Gasteiger partial charge in [0.15, 0.2) is 0 Å². The van der Waals surface area contributed by atoms with E-state index in [9.17, 15) is 5.11 Å². The molecule has 0 amide bonds. The first-order valence-electron chi connectivity index (χ1n) is 5.07. The Morgan fingerprint density at radius 3 is 2.50 bits per heavy atom. The summed E-state index contributed by atoms with van der Waals surface area (Å²) in [5, 5.41) is 10.2. The molecule has 0 aromatic heterocycles. The van der Waals surface area contributed by atoms with E-state index < -0.39 is 5.60 Å². The second-order valence-electron chi connectivity index (χ2n) is 3.96.